The Morgan fingerprint density at radius 2 is 2.10 bits per heavy atom. The lowest BCUT2D eigenvalue weighted by Gasteiger charge is -2.17. The molecular weight excluding hydrogens is 298 g/mol. The number of benzene rings is 1. The Balaban J connectivity index is 2.08. The van der Waals surface area contributed by atoms with Gasteiger partial charge in [0.25, 0.3) is 0 Å². The molecule has 112 valence electrons. The Labute approximate surface area is 125 Å². The Hall–Kier alpha value is -2.28. The number of hydrogen-bond donors (Lipinski definition) is 3. The Morgan fingerprint density at radius 3 is 2.67 bits per heavy atom. The number of nitrogens with two attached hydrogens (primary N) is 1. The monoisotopic (exact) mass is 311 g/mol. The fourth-order valence-electron chi connectivity index (χ4n) is 2.13. The summed E-state index contributed by atoms with van der Waals surface area (Å²) < 4.78 is 0. The van der Waals surface area contributed by atoms with Crippen LogP contribution in [-0.4, -0.2) is 41.0 Å². The van der Waals surface area contributed by atoms with Gasteiger partial charge in [0.15, 0.2) is 0 Å². The van der Waals surface area contributed by atoms with Gasteiger partial charge in [0.2, 0.25) is 5.91 Å². The topological polar surface area (TPSA) is 113 Å². The third kappa shape index (κ3) is 3.43. The molecule has 4 N–H and O–H groups in total. The molecule has 2 rings (SSSR count). The third-order valence-corrected chi connectivity index (χ3v) is 3.66. The van der Waals surface area contributed by atoms with Crippen molar-refractivity contribution in [2.75, 3.05) is 18.4 Å². The van der Waals surface area contributed by atoms with Crippen LogP contribution in [0.25, 0.3) is 0 Å². The van der Waals surface area contributed by atoms with Crippen LogP contribution in [0.5, 0.6) is 0 Å². The van der Waals surface area contributed by atoms with Gasteiger partial charge >= 0.3 is 12.0 Å². The van der Waals surface area contributed by atoms with Crippen molar-refractivity contribution in [1.29, 1.82) is 0 Å². The highest BCUT2D eigenvalue weighted by Crippen LogP contribution is 2.24. The maximum atomic E-state index is 12.1. The highest BCUT2D eigenvalue weighted by Gasteiger charge is 2.29. The molecule has 1 aliphatic rings. The van der Waals surface area contributed by atoms with E-state index in [1.54, 1.807) is 0 Å². The van der Waals surface area contributed by atoms with Crippen molar-refractivity contribution >= 4 is 35.2 Å². The van der Waals surface area contributed by atoms with Crippen LogP contribution in [0, 0.1) is 5.92 Å². The molecule has 1 aliphatic heterocycles. The van der Waals surface area contributed by atoms with Gasteiger partial charge in [-0.1, -0.05) is 11.6 Å². The number of primary amides is 1. The summed E-state index contributed by atoms with van der Waals surface area (Å²) in [6, 6.07) is 3.59. The first kappa shape index (κ1) is 15.1. The zero-order valence-electron chi connectivity index (χ0n) is 11.0. The number of amides is 3. The van der Waals surface area contributed by atoms with Gasteiger partial charge in [-0.25, -0.2) is 9.59 Å². The fourth-order valence-corrected chi connectivity index (χ4v) is 2.29. The largest absolute Gasteiger partial charge is 0.478 e. The predicted octanol–water partition coefficient (Wildman–Crippen LogP) is 1.38. The molecule has 1 atom stereocenters. The van der Waals surface area contributed by atoms with Gasteiger partial charge in [-0.2, -0.15) is 0 Å². The molecule has 1 aromatic rings. The van der Waals surface area contributed by atoms with E-state index in [0.29, 0.717) is 13.0 Å². The number of nitrogens with one attached hydrogen (secondary N) is 1. The van der Waals surface area contributed by atoms with E-state index in [1.165, 1.54) is 23.1 Å². The van der Waals surface area contributed by atoms with Crippen LogP contribution in [0.15, 0.2) is 18.2 Å². The zero-order valence-corrected chi connectivity index (χ0v) is 11.8. The van der Waals surface area contributed by atoms with Gasteiger partial charge in [-0.3, -0.25) is 4.79 Å². The molecule has 0 bridgehead atoms. The van der Waals surface area contributed by atoms with Gasteiger partial charge in [0.1, 0.15) is 0 Å². The van der Waals surface area contributed by atoms with Crippen LogP contribution in [0.2, 0.25) is 5.02 Å². The first-order valence-electron chi connectivity index (χ1n) is 6.26. The van der Waals surface area contributed by atoms with Crippen LogP contribution in [0.4, 0.5) is 10.5 Å². The second-order valence-corrected chi connectivity index (χ2v) is 5.17. The van der Waals surface area contributed by atoms with Crippen LogP contribution < -0.4 is 11.1 Å². The normalized spacial score (nSPS) is 17.6. The summed E-state index contributed by atoms with van der Waals surface area (Å²) >= 11 is 5.93. The summed E-state index contributed by atoms with van der Waals surface area (Å²) in [5.41, 5.74) is 5.44. The Morgan fingerprint density at radius 1 is 1.38 bits per heavy atom. The highest BCUT2D eigenvalue weighted by atomic mass is 35.5. The molecule has 21 heavy (non-hydrogen) atoms. The van der Waals surface area contributed by atoms with Crippen molar-refractivity contribution in [2.45, 2.75) is 6.42 Å². The quantitative estimate of drug-likeness (QED) is 0.782. The second kappa shape index (κ2) is 6.01. The number of hydrogen-bond acceptors (Lipinski definition) is 3. The minimum absolute atomic E-state index is 0.0196. The van der Waals surface area contributed by atoms with E-state index in [2.05, 4.69) is 5.32 Å². The van der Waals surface area contributed by atoms with Crippen molar-refractivity contribution in [3.05, 3.63) is 28.8 Å². The minimum Gasteiger partial charge on any atom is -0.478 e. The lowest BCUT2D eigenvalue weighted by Crippen LogP contribution is -2.35. The molecule has 1 heterocycles. The maximum absolute atomic E-state index is 12.1. The Kier molecular flexibility index (Phi) is 4.32. The highest BCUT2D eigenvalue weighted by molar-refractivity contribution is 6.33. The van der Waals surface area contributed by atoms with Crippen LogP contribution in [0.3, 0.4) is 0 Å². The number of carboxylic acid groups (broad SMARTS) is 1. The van der Waals surface area contributed by atoms with E-state index < -0.39 is 17.9 Å². The van der Waals surface area contributed by atoms with Gasteiger partial charge in [-0.15, -0.1) is 0 Å². The summed E-state index contributed by atoms with van der Waals surface area (Å²) in [6.45, 7) is 0.660. The van der Waals surface area contributed by atoms with E-state index in [0.717, 1.165) is 0 Å². The zero-order chi connectivity index (χ0) is 15.6. The molecule has 1 fully saturated rings. The lowest BCUT2D eigenvalue weighted by atomic mass is 10.1. The van der Waals surface area contributed by atoms with E-state index in [9.17, 15) is 14.4 Å². The number of carboxylic acids is 1. The number of nitrogens with zero attached hydrogens (tertiary/aromatic N) is 1. The van der Waals surface area contributed by atoms with E-state index in [4.69, 9.17) is 22.4 Å². The van der Waals surface area contributed by atoms with Gasteiger partial charge in [-0.05, 0) is 24.6 Å². The molecule has 0 saturated carbocycles. The number of anilines is 1. The summed E-state index contributed by atoms with van der Waals surface area (Å²) in [5, 5.41) is 11.7. The number of aromatic carboxylic acids is 1. The van der Waals surface area contributed by atoms with Crippen LogP contribution in [-0.2, 0) is 4.79 Å². The SMILES string of the molecule is NC(=O)C1CCN(C(=O)Nc2cc(C(=O)O)ccc2Cl)C1. The molecule has 1 aromatic carbocycles. The fraction of sp³-hybridized carbons (Fsp3) is 0.308. The van der Waals surface area contributed by atoms with Crippen molar-refractivity contribution in [3.63, 3.8) is 0 Å². The molecule has 1 saturated heterocycles. The standard InChI is InChI=1S/C13H14ClN3O4/c14-9-2-1-7(12(19)20)5-10(9)16-13(21)17-4-3-8(6-17)11(15)18/h1-2,5,8H,3-4,6H2,(H2,15,18)(H,16,21)(H,19,20). The van der Waals surface area contributed by atoms with Crippen molar-refractivity contribution in [1.82, 2.24) is 4.90 Å². The summed E-state index contributed by atoms with van der Waals surface area (Å²) in [4.78, 5) is 35.5. The van der Waals surface area contributed by atoms with Gasteiger partial charge < -0.3 is 21.1 Å². The van der Waals surface area contributed by atoms with Crippen molar-refractivity contribution in [2.24, 2.45) is 11.7 Å². The number of carbonyl (C=O) groups is 3. The average Bonchev–Trinajstić information content (AvgIpc) is 2.90. The van der Waals surface area contributed by atoms with Gasteiger partial charge in [0, 0.05) is 13.1 Å². The second-order valence-electron chi connectivity index (χ2n) is 4.76. The first-order valence-corrected chi connectivity index (χ1v) is 6.64. The molecule has 0 spiro atoms. The number of urea groups is 1. The third-order valence-electron chi connectivity index (χ3n) is 3.33. The predicted molar refractivity (Wildman–Crippen MR) is 76.3 cm³/mol. The maximum Gasteiger partial charge on any atom is 0.335 e. The van der Waals surface area contributed by atoms with Gasteiger partial charge in [0.05, 0.1) is 22.2 Å². The molecule has 8 heteroatoms. The summed E-state index contributed by atoms with van der Waals surface area (Å²) in [5.74, 6) is -1.90. The van der Waals surface area contributed by atoms with E-state index in [1.807, 2.05) is 0 Å². The summed E-state index contributed by atoms with van der Waals surface area (Å²) in [7, 11) is 0. The number of rotatable bonds is 3. The molecule has 1 unspecified atom stereocenters. The Bertz CT molecular complexity index is 605. The molecule has 3 amide bonds. The molecule has 0 aliphatic carbocycles. The first-order chi connectivity index (χ1) is 9.88. The summed E-state index contributed by atoms with van der Waals surface area (Å²) in [6.07, 6.45) is 0.519. The smallest absolute Gasteiger partial charge is 0.335 e. The molecular formula is C13H14ClN3O4. The molecule has 7 nitrogen and oxygen atoms in total. The average molecular weight is 312 g/mol. The van der Waals surface area contributed by atoms with E-state index >= 15 is 0 Å². The van der Waals surface area contributed by atoms with E-state index in [-0.39, 0.29) is 28.7 Å². The number of likely N-dealkylation sites (tertiary alicyclic amines) is 1. The number of halogens is 1. The molecule has 0 radical (unpaired) electrons. The number of carbonyl (C=O) groups excluding carboxylic acids is 2. The minimum atomic E-state index is -1.11. The van der Waals surface area contributed by atoms with Crippen LogP contribution >= 0.6 is 11.6 Å². The lowest BCUT2D eigenvalue weighted by molar-refractivity contribution is -0.121. The van der Waals surface area contributed by atoms with Crippen LogP contribution in [0.1, 0.15) is 16.8 Å². The molecule has 0 aromatic heterocycles. The van der Waals surface area contributed by atoms with Crippen molar-refractivity contribution < 1.29 is 19.5 Å². The van der Waals surface area contributed by atoms with Crippen molar-refractivity contribution in [3.8, 4) is 0 Å².